The molecule has 2 aromatic carbocycles. The molecule has 0 atom stereocenters. The van der Waals surface area contributed by atoms with E-state index in [1.54, 1.807) is 6.07 Å². The molecule has 2 amide bonds. The normalized spacial score (nSPS) is 15.2. The number of aryl methyl sites for hydroxylation is 1. The molecule has 1 aliphatic heterocycles. The van der Waals surface area contributed by atoms with Gasteiger partial charge in [0.05, 0.1) is 17.9 Å². The highest BCUT2D eigenvalue weighted by Gasteiger charge is 2.43. The molecule has 7 nitrogen and oxygen atoms in total. The third-order valence-electron chi connectivity index (χ3n) is 4.76. The second-order valence-electron chi connectivity index (χ2n) is 6.64. The van der Waals surface area contributed by atoms with E-state index in [9.17, 15) is 22.4 Å². The molecule has 0 aliphatic carbocycles. The van der Waals surface area contributed by atoms with Gasteiger partial charge in [0.15, 0.2) is 0 Å². The first-order chi connectivity index (χ1) is 14.2. The van der Waals surface area contributed by atoms with Crippen LogP contribution in [0.5, 0.6) is 0 Å². The van der Waals surface area contributed by atoms with Gasteiger partial charge in [-0.2, -0.15) is 4.31 Å². The van der Waals surface area contributed by atoms with Crippen LogP contribution in [0.3, 0.4) is 0 Å². The van der Waals surface area contributed by atoms with Gasteiger partial charge in [0, 0.05) is 29.9 Å². The maximum atomic E-state index is 14.4. The fraction of sp³-hybridized carbons (Fsp3) is 0.100. The number of fused-ring (bicyclic) bond motifs is 1. The minimum absolute atomic E-state index is 0.0127. The van der Waals surface area contributed by atoms with Crippen LogP contribution in [0.4, 0.5) is 20.6 Å². The Labute approximate surface area is 176 Å². The molecule has 1 aromatic heterocycles. The number of halogens is 2. The topological polar surface area (TPSA) is 79.7 Å². The highest BCUT2D eigenvalue weighted by Crippen LogP contribution is 2.38. The van der Waals surface area contributed by atoms with E-state index < -0.39 is 21.9 Å². The number of nitrogens with zero attached hydrogens (tertiary/aromatic N) is 3. The van der Waals surface area contributed by atoms with Gasteiger partial charge in [-0.25, -0.2) is 17.6 Å². The number of hydrogen-bond acceptors (Lipinski definition) is 4. The number of aromatic nitrogens is 1. The predicted octanol–water partition coefficient (Wildman–Crippen LogP) is 3.51. The Morgan fingerprint density at radius 3 is 2.43 bits per heavy atom. The smallest absolute Gasteiger partial charge is 0.316 e. The Hall–Kier alpha value is -3.17. The first-order valence-corrected chi connectivity index (χ1v) is 10.6. The van der Waals surface area contributed by atoms with Crippen molar-refractivity contribution >= 4 is 39.0 Å². The lowest BCUT2D eigenvalue weighted by atomic mass is 10.2. The van der Waals surface area contributed by atoms with Crippen LogP contribution in [0.1, 0.15) is 5.56 Å². The van der Waals surface area contributed by atoms with Gasteiger partial charge in [0.25, 0.3) is 10.0 Å². The van der Waals surface area contributed by atoms with Gasteiger partial charge in [-0.3, -0.25) is 9.69 Å². The molecule has 0 fully saturated rings. The van der Waals surface area contributed by atoms with E-state index in [1.165, 1.54) is 55.7 Å². The van der Waals surface area contributed by atoms with Crippen LogP contribution in [0, 0.1) is 5.82 Å². The van der Waals surface area contributed by atoms with Crippen molar-refractivity contribution in [3.8, 4) is 0 Å². The summed E-state index contributed by atoms with van der Waals surface area (Å²) in [5.74, 6) is -0.616. The fourth-order valence-electron chi connectivity index (χ4n) is 3.26. The number of pyridine rings is 1. The van der Waals surface area contributed by atoms with E-state index in [0.29, 0.717) is 4.31 Å². The summed E-state index contributed by atoms with van der Waals surface area (Å²) in [6.45, 7) is -0.279. The maximum absolute atomic E-state index is 14.4. The number of amides is 2. The van der Waals surface area contributed by atoms with Crippen molar-refractivity contribution < 1.29 is 17.6 Å². The molecule has 0 unspecified atom stereocenters. The Bertz CT molecular complexity index is 1320. The van der Waals surface area contributed by atoms with Crippen LogP contribution in [-0.4, -0.2) is 19.0 Å². The number of carbonyl (C=O) groups excluding carboxylic acids is 1. The molecule has 154 valence electrons. The SMILES string of the molecule is Cn1cc(N2C(=O)N(Cc3c(F)cccc3Cl)c3ccccc3S2(=O)=O)ccc1=O. The summed E-state index contributed by atoms with van der Waals surface area (Å²) in [5.41, 5.74) is -0.206. The van der Waals surface area contributed by atoms with Crippen LogP contribution < -0.4 is 14.8 Å². The van der Waals surface area contributed by atoms with Gasteiger partial charge in [-0.1, -0.05) is 29.8 Å². The average molecular weight is 448 g/mol. The average Bonchev–Trinajstić information content (AvgIpc) is 2.70. The lowest BCUT2D eigenvalue weighted by molar-refractivity contribution is 0.253. The highest BCUT2D eigenvalue weighted by atomic mass is 35.5. The van der Waals surface area contributed by atoms with E-state index in [4.69, 9.17) is 11.6 Å². The molecule has 2 heterocycles. The zero-order valence-corrected chi connectivity index (χ0v) is 17.2. The highest BCUT2D eigenvalue weighted by molar-refractivity contribution is 7.94. The van der Waals surface area contributed by atoms with Crippen molar-refractivity contribution in [2.45, 2.75) is 11.4 Å². The predicted molar refractivity (Wildman–Crippen MR) is 111 cm³/mol. The molecule has 0 saturated heterocycles. The van der Waals surface area contributed by atoms with Crippen molar-refractivity contribution in [3.63, 3.8) is 0 Å². The molecule has 0 bridgehead atoms. The van der Waals surface area contributed by atoms with Gasteiger partial charge in [-0.15, -0.1) is 0 Å². The molecule has 0 spiro atoms. The molecular weight excluding hydrogens is 433 g/mol. The quantitative estimate of drug-likeness (QED) is 0.615. The lowest BCUT2D eigenvalue weighted by Gasteiger charge is -2.36. The number of rotatable bonds is 3. The van der Waals surface area contributed by atoms with Gasteiger partial charge in [-0.05, 0) is 30.3 Å². The number of benzene rings is 2. The standard InChI is InChI=1S/C20H15ClFN3O4S/c1-23-11-13(9-10-19(23)26)25-20(27)24(12-14-15(21)5-4-6-16(14)22)17-7-2-3-8-18(17)30(25,28)29/h2-11H,12H2,1H3. The molecule has 1 aliphatic rings. The minimum atomic E-state index is -4.26. The fourth-order valence-corrected chi connectivity index (χ4v) is 5.06. The Morgan fingerprint density at radius 2 is 1.73 bits per heavy atom. The van der Waals surface area contributed by atoms with Crippen LogP contribution in [-0.2, 0) is 23.6 Å². The maximum Gasteiger partial charge on any atom is 0.343 e. The molecule has 0 saturated carbocycles. The number of sulfonamides is 1. The van der Waals surface area contributed by atoms with Crippen molar-refractivity contribution in [1.29, 1.82) is 0 Å². The first-order valence-electron chi connectivity index (χ1n) is 8.77. The number of anilines is 2. The Kier molecular flexibility index (Phi) is 4.87. The molecule has 4 rings (SSSR count). The largest absolute Gasteiger partial charge is 0.343 e. The summed E-state index contributed by atoms with van der Waals surface area (Å²) in [6.07, 6.45) is 1.25. The van der Waals surface area contributed by atoms with Gasteiger partial charge in [0.1, 0.15) is 10.7 Å². The molecule has 0 N–H and O–H groups in total. The molecular formula is C20H15ClFN3O4S. The summed E-state index contributed by atoms with van der Waals surface area (Å²) in [6, 6.07) is 11.6. The Morgan fingerprint density at radius 1 is 1.00 bits per heavy atom. The third-order valence-corrected chi connectivity index (χ3v) is 6.86. The number of hydrogen-bond donors (Lipinski definition) is 0. The lowest BCUT2D eigenvalue weighted by Crippen LogP contribution is -2.51. The third kappa shape index (κ3) is 3.16. The van der Waals surface area contributed by atoms with E-state index in [1.807, 2.05) is 0 Å². The summed E-state index contributed by atoms with van der Waals surface area (Å²) in [5, 5.41) is 0.113. The molecule has 30 heavy (non-hydrogen) atoms. The monoisotopic (exact) mass is 447 g/mol. The second-order valence-corrected chi connectivity index (χ2v) is 8.80. The first kappa shape index (κ1) is 20.1. The summed E-state index contributed by atoms with van der Waals surface area (Å²) in [4.78, 5) is 26.1. The van der Waals surface area contributed by atoms with Crippen molar-refractivity contribution in [2.24, 2.45) is 7.05 Å². The van der Waals surface area contributed by atoms with Gasteiger partial charge < -0.3 is 4.57 Å². The van der Waals surface area contributed by atoms with Gasteiger partial charge >= 0.3 is 6.03 Å². The molecule has 3 aromatic rings. The zero-order valence-electron chi connectivity index (χ0n) is 15.6. The number of urea groups is 1. The second kappa shape index (κ2) is 7.26. The van der Waals surface area contributed by atoms with Crippen molar-refractivity contribution in [1.82, 2.24) is 4.57 Å². The number of carbonyl (C=O) groups is 1. The Balaban J connectivity index is 1.92. The summed E-state index contributed by atoms with van der Waals surface area (Å²) >= 11 is 6.12. The van der Waals surface area contributed by atoms with Crippen LogP contribution in [0.15, 0.2) is 70.5 Å². The van der Waals surface area contributed by atoms with E-state index in [0.717, 1.165) is 15.5 Å². The van der Waals surface area contributed by atoms with Gasteiger partial charge in [0.2, 0.25) is 5.56 Å². The molecule has 0 radical (unpaired) electrons. The minimum Gasteiger partial charge on any atom is -0.316 e. The molecule has 10 heteroatoms. The summed E-state index contributed by atoms with van der Waals surface area (Å²) in [7, 11) is -2.82. The zero-order chi connectivity index (χ0) is 21.6. The van der Waals surface area contributed by atoms with Crippen molar-refractivity contribution in [3.05, 3.63) is 87.6 Å². The van der Waals surface area contributed by atoms with E-state index in [2.05, 4.69) is 0 Å². The van der Waals surface area contributed by atoms with Crippen LogP contribution in [0.25, 0.3) is 0 Å². The number of para-hydroxylation sites is 1. The van der Waals surface area contributed by atoms with Crippen LogP contribution >= 0.6 is 11.6 Å². The van der Waals surface area contributed by atoms with E-state index >= 15 is 0 Å². The van der Waals surface area contributed by atoms with Crippen LogP contribution in [0.2, 0.25) is 5.02 Å². The van der Waals surface area contributed by atoms with Crippen molar-refractivity contribution in [2.75, 3.05) is 9.21 Å². The van der Waals surface area contributed by atoms with E-state index in [-0.39, 0.29) is 39.0 Å². The summed E-state index contributed by atoms with van der Waals surface area (Å²) < 4.78 is 42.6.